The Bertz CT molecular complexity index is 3100. The Morgan fingerprint density at radius 1 is 0.415 bits per heavy atom. The molecular weight excluding hydrogens is 649 g/mol. The summed E-state index contributed by atoms with van der Waals surface area (Å²) in [5.74, 6) is 2.51. The van der Waals surface area contributed by atoms with E-state index in [9.17, 15) is 0 Å². The van der Waals surface area contributed by atoms with Gasteiger partial charge in [-0.3, -0.25) is 0 Å². The first-order valence-electron chi connectivity index (χ1n) is 18.0. The molecule has 0 saturated heterocycles. The SMILES string of the molecule is c1cc(-c2cc3c4c(c2)-c2ccccc2OB4c2cc(-n4c5ccccc5c5ccccc54)ccc2O3)cc(-c2ccc3oc4ccccc4c3c2)c1. The number of benzene rings is 8. The predicted molar refractivity (Wildman–Crippen MR) is 217 cm³/mol. The molecule has 2 aromatic heterocycles. The summed E-state index contributed by atoms with van der Waals surface area (Å²) in [6, 6.07) is 60.0. The molecule has 0 atom stereocenters. The molecule has 4 heterocycles. The van der Waals surface area contributed by atoms with Crippen LogP contribution >= 0.6 is 0 Å². The van der Waals surface area contributed by atoms with Gasteiger partial charge in [-0.2, -0.15) is 0 Å². The zero-order valence-corrected chi connectivity index (χ0v) is 28.4. The van der Waals surface area contributed by atoms with Crippen molar-refractivity contribution in [3.8, 4) is 56.3 Å². The van der Waals surface area contributed by atoms with E-state index in [1.54, 1.807) is 0 Å². The van der Waals surface area contributed by atoms with Gasteiger partial charge in [0.2, 0.25) is 0 Å². The maximum Gasteiger partial charge on any atom is 0.434 e. The van der Waals surface area contributed by atoms with Gasteiger partial charge >= 0.3 is 6.92 Å². The number of nitrogens with zero attached hydrogens (tertiary/aromatic N) is 1. The molecule has 246 valence electrons. The minimum Gasteiger partial charge on any atom is -0.551 e. The van der Waals surface area contributed by atoms with E-state index in [0.717, 1.165) is 89.2 Å². The molecular formula is C48H28BNO3. The highest BCUT2D eigenvalue weighted by Gasteiger charge is 2.41. The van der Waals surface area contributed by atoms with E-state index in [1.807, 2.05) is 18.2 Å². The van der Waals surface area contributed by atoms with Crippen LogP contribution in [0.1, 0.15) is 0 Å². The van der Waals surface area contributed by atoms with Crippen molar-refractivity contribution in [2.45, 2.75) is 0 Å². The highest BCUT2D eigenvalue weighted by molar-refractivity contribution is 6.84. The van der Waals surface area contributed by atoms with Crippen LogP contribution in [0.3, 0.4) is 0 Å². The first-order chi connectivity index (χ1) is 26.2. The van der Waals surface area contributed by atoms with Gasteiger partial charge in [0.1, 0.15) is 28.4 Å². The van der Waals surface area contributed by atoms with Crippen LogP contribution in [0.25, 0.3) is 82.8 Å². The molecule has 0 saturated carbocycles. The summed E-state index contributed by atoms with van der Waals surface area (Å²) in [5.41, 5.74) is 14.0. The van der Waals surface area contributed by atoms with Gasteiger partial charge in [-0.15, -0.1) is 0 Å². The van der Waals surface area contributed by atoms with Gasteiger partial charge in [0, 0.05) is 43.7 Å². The summed E-state index contributed by atoms with van der Waals surface area (Å²) in [7, 11) is 0. The van der Waals surface area contributed by atoms with Crippen LogP contribution in [0.2, 0.25) is 0 Å². The van der Waals surface area contributed by atoms with E-state index in [0.29, 0.717) is 0 Å². The lowest BCUT2D eigenvalue weighted by Crippen LogP contribution is -2.53. The van der Waals surface area contributed by atoms with Gasteiger partial charge < -0.3 is 18.4 Å². The highest BCUT2D eigenvalue weighted by atomic mass is 16.5. The first kappa shape index (κ1) is 28.7. The fraction of sp³-hybridized carbons (Fsp3) is 0. The number of ether oxygens (including phenoxy) is 1. The smallest absolute Gasteiger partial charge is 0.434 e. The van der Waals surface area contributed by atoms with E-state index in [4.69, 9.17) is 13.8 Å². The molecule has 10 aromatic rings. The minimum absolute atomic E-state index is 0.316. The Labute approximate surface area is 305 Å². The van der Waals surface area contributed by atoms with Crippen molar-refractivity contribution >= 4 is 61.6 Å². The van der Waals surface area contributed by atoms with Crippen molar-refractivity contribution in [2.75, 3.05) is 0 Å². The topological polar surface area (TPSA) is 36.5 Å². The second-order valence-corrected chi connectivity index (χ2v) is 14.0. The average molecular weight is 678 g/mol. The fourth-order valence-corrected chi connectivity index (χ4v) is 8.64. The van der Waals surface area contributed by atoms with Crippen LogP contribution in [0.4, 0.5) is 0 Å². The van der Waals surface area contributed by atoms with E-state index in [2.05, 4.69) is 156 Å². The third-order valence-corrected chi connectivity index (χ3v) is 11.1. The normalized spacial score (nSPS) is 12.8. The maximum absolute atomic E-state index is 6.90. The summed E-state index contributed by atoms with van der Waals surface area (Å²) < 4.78 is 22.2. The number of para-hydroxylation sites is 4. The molecule has 0 spiro atoms. The quantitative estimate of drug-likeness (QED) is 0.175. The molecule has 2 aliphatic heterocycles. The Balaban J connectivity index is 1.000. The summed E-state index contributed by atoms with van der Waals surface area (Å²) in [5, 5.41) is 4.72. The molecule has 53 heavy (non-hydrogen) atoms. The molecule has 12 rings (SSSR count). The molecule has 0 bridgehead atoms. The summed E-state index contributed by atoms with van der Waals surface area (Å²) >= 11 is 0. The maximum atomic E-state index is 6.90. The summed E-state index contributed by atoms with van der Waals surface area (Å²) in [6.45, 7) is -0.316. The zero-order valence-electron chi connectivity index (χ0n) is 28.4. The standard InChI is InChI=1S/C48H28BNO3/c1-5-16-41-34(12-1)35-13-2-6-17-42(35)50(41)33-21-23-46-40(28-33)49-48-39(37-15-4-8-19-45(37)53-49)26-32(27-47(48)52-46)30-11-9-10-29(24-30)31-20-22-44-38(25-31)36-14-3-7-18-43(36)51-44/h1-28H. The lowest BCUT2D eigenvalue weighted by atomic mass is 9.50. The number of hydrogen-bond acceptors (Lipinski definition) is 3. The second kappa shape index (κ2) is 10.8. The van der Waals surface area contributed by atoms with E-state index in [1.165, 1.54) is 21.8 Å². The van der Waals surface area contributed by atoms with Crippen molar-refractivity contribution < 1.29 is 13.8 Å². The van der Waals surface area contributed by atoms with Gasteiger partial charge in [0.05, 0.1) is 11.0 Å². The van der Waals surface area contributed by atoms with Crippen molar-refractivity contribution in [3.05, 3.63) is 170 Å². The number of aromatic nitrogens is 1. The largest absolute Gasteiger partial charge is 0.551 e. The van der Waals surface area contributed by atoms with Crippen molar-refractivity contribution in [2.24, 2.45) is 0 Å². The molecule has 0 N–H and O–H groups in total. The molecule has 8 aromatic carbocycles. The molecule has 0 radical (unpaired) electrons. The van der Waals surface area contributed by atoms with Crippen LogP contribution in [0.15, 0.2) is 174 Å². The van der Waals surface area contributed by atoms with E-state index < -0.39 is 0 Å². The molecule has 4 nitrogen and oxygen atoms in total. The van der Waals surface area contributed by atoms with E-state index in [-0.39, 0.29) is 6.92 Å². The number of hydrogen-bond donors (Lipinski definition) is 0. The average Bonchev–Trinajstić information content (AvgIpc) is 3.76. The molecule has 2 aliphatic rings. The first-order valence-corrected chi connectivity index (χ1v) is 18.0. The molecule has 0 amide bonds. The van der Waals surface area contributed by atoms with Gasteiger partial charge in [-0.05, 0) is 101 Å². The number of fused-ring (bicyclic) bond motifs is 10. The molecule has 0 aliphatic carbocycles. The van der Waals surface area contributed by atoms with Crippen LogP contribution in [-0.2, 0) is 0 Å². The summed E-state index contributed by atoms with van der Waals surface area (Å²) in [4.78, 5) is 0. The van der Waals surface area contributed by atoms with Crippen LogP contribution in [0, 0.1) is 0 Å². The van der Waals surface area contributed by atoms with Gasteiger partial charge in [-0.25, -0.2) is 0 Å². The van der Waals surface area contributed by atoms with E-state index >= 15 is 0 Å². The third kappa shape index (κ3) is 4.19. The van der Waals surface area contributed by atoms with Crippen molar-refractivity contribution in [1.29, 1.82) is 0 Å². The predicted octanol–water partition coefficient (Wildman–Crippen LogP) is 11.3. The third-order valence-electron chi connectivity index (χ3n) is 11.1. The van der Waals surface area contributed by atoms with Gasteiger partial charge in [-0.1, -0.05) is 97.1 Å². The number of furan rings is 1. The lowest BCUT2D eigenvalue weighted by Gasteiger charge is -2.33. The minimum atomic E-state index is -0.316. The van der Waals surface area contributed by atoms with Crippen molar-refractivity contribution in [1.82, 2.24) is 4.57 Å². The van der Waals surface area contributed by atoms with Crippen molar-refractivity contribution in [3.63, 3.8) is 0 Å². The van der Waals surface area contributed by atoms with Gasteiger partial charge in [0.15, 0.2) is 0 Å². The Morgan fingerprint density at radius 2 is 1.11 bits per heavy atom. The Hall–Kier alpha value is -6.98. The number of rotatable bonds is 3. The summed E-state index contributed by atoms with van der Waals surface area (Å²) in [6.07, 6.45) is 0. The van der Waals surface area contributed by atoms with Gasteiger partial charge in [0.25, 0.3) is 0 Å². The monoisotopic (exact) mass is 677 g/mol. The second-order valence-electron chi connectivity index (χ2n) is 14.0. The highest BCUT2D eigenvalue weighted by Crippen LogP contribution is 2.43. The zero-order chi connectivity index (χ0) is 34.6. The fourth-order valence-electron chi connectivity index (χ4n) is 8.64. The molecule has 5 heteroatoms. The van der Waals surface area contributed by atoms with Crippen LogP contribution in [0.5, 0.6) is 17.2 Å². The lowest BCUT2D eigenvalue weighted by molar-refractivity contribution is 0.479. The Morgan fingerprint density at radius 3 is 1.96 bits per heavy atom. The van der Waals surface area contributed by atoms with Crippen LogP contribution < -0.4 is 20.3 Å². The molecule has 0 fully saturated rings. The van der Waals surface area contributed by atoms with Crippen LogP contribution in [-0.4, -0.2) is 11.5 Å². The Kier molecular flexibility index (Phi) is 5.83. The molecule has 0 unspecified atom stereocenters.